The van der Waals surface area contributed by atoms with Crippen molar-refractivity contribution in [1.82, 2.24) is 10.2 Å². The molecule has 0 saturated carbocycles. The molecule has 0 spiro atoms. The van der Waals surface area contributed by atoms with Crippen LogP contribution in [0.5, 0.6) is 0 Å². The highest BCUT2D eigenvalue weighted by Crippen LogP contribution is 2.29. The number of halogens is 1. The van der Waals surface area contributed by atoms with Gasteiger partial charge in [-0.3, -0.25) is 19.7 Å². The molecule has 22 heavy (non-hydrogen) atoms. The van der Waals surface area contributed by atoms with Gasteiger partial charge in [0.2, 0.25) is 11.8 Å². The van der Waals surface area contributed by atoms with Crippen molar-refractivity contribution < 1.29 is 28.7 Å². The number of carbonyl (C=O) groups excluding carboxylic acids is 3. The van der Waals surface area contributed by atoms with Crippen molar-refractivity contribution >= 4 is 23.7 Å². The first kappa shape index (κ1) is 14.2. The van der Waals surface area contributed by atoms with Crippen LogP contribution in [0.4, 0.5) is 4.39 Å². The molecule has 0 unspecified atom stereocenters. The van der Waals surface area contributed by atoms with Crippen molar-refractivity contribution in [2.24, 2.45) is 0 Å². The van der Waals surface area contributed by atoms with E-state index >= 15 is 0 Å². The van der Waals surface area contributed by atoms with E-state index in [1.54, 1.807) is 0 Å². The van der Waals surface area contributed by atoms with Crippen LogP contribution in [-0.4, -0.2) is 39.7 Å². The maximum absolute atomic E-state index is 13.7. The van der Waals surface area contributed by atoms with Crippen LogP contribution in [0.1, 0.15) is 39.1 Å². The number of carbonyl (C=O) groups is 4. The molecule has 0 radical (unpaired) electrons. The lowest BCUT2D eigenvalue weighted by molar-refractivity contribution is -0.136. The molecular formula is C14H11FN2O5. The van der Waals surface area contributed by atoms with Crippen LogP contribution in [0.3, 0.4) is 0 Å². The van der Waals surface area contributed by atoms with Gasteiger partial charge < -0.3 is 10.0 Å². The second-order valence-electron chi connectivity index (χ2n) is 5.19. The van der Waals surface area contributed by atoms with Gasteiger partial charge >= 0.3 is 5.97 Å². The lowest BCUT2D eigenvalue weighted by Crippen LogP contribution is -2.52. The minimum atomic E-state index is -1.42. The van der Waals surface area contributed by atoms with Crippen LogP contribution in [0.2, 0.25) is 0 Å². The predicted molar refractivity (Wildman–Crippen MR) is 69.4 cm³/mol. The minimum Gasteiger partial charge on any atom is -0.478 e. The Morgan fingerprint density at radius 1 is 1.32 bits per heavy atom. The number of benzene rings is 1. The maximum atomic E-state index is 13.7. The summed E-state index contributed by atoms with van der Waals surface area (Å²) >= 11 is 0. The van der Waals surface area contributed by atoms with Gasteiger partial charge in [0.15, 0.2) is 0 Å². The topological polar surface area (TPSA) is 104 Å². The van der Waals surface area contributed by atoms with E-state index in [0.717, 1.165) is 12.1 Å². The fourth-order valence-electron chi connectivity index (χ4n) is 2.75. The molecule has 0 aliphatic carbocycles. The highest BCUT2D eigenvalue weighted by atomic mass is 19.1. The average molecular weight is 306 g/mol. The fourth-order valence-corrected chi connectivity index (χ4v) is 2.75. The molecule has 1 fully saturated rings. The van der Waals surface area contributed by atoms with Gasteiger partial charge in [0, 0.05) is 18.5 Å². The van der Waals surface area contributed by atoms with E-state index < -0.39 is 41.1 Å². The quantitative estimate of drug-likeness (QED) is 0.764. The van der Waals surface area contributed by atoms with Crippen molar-refractivity contribution in [3.8, 4) is 0 Å². The second-order valence-corrected chi connectivity index (χ2v) is 5.19. The van der Waals surface area contributed by atoms with E-state index in [-0.39, 0.29) is 24.9 Å². The Hall–Kier alpha value is -2.77. The molecule has 1 aromatic rings. The molecule has 2 N–H and O–H groups in total. The molecule has 0 bridgehead atoms. The standard InChI is InChI=1S/C14H11FN2O5/c15-9-4-7-6(3-8(9)14(21)22)5-17(13(7)20)10-1-2-11(18)16-12(10)19/h3-4,10H,1-2,5H2,(H,21,22)(H,16,18,19)/t10-/m0/s1. The summed E-state index contributed by atoms with van der Waals surface area (Å²) in [5.41, 5.74) is -0.114. The molecule has 3 amide bonds. The molecule has 2 heterocycles. The monoisotopic (exact) mass is 306 g/mol. The van der Waals surface area contributed by atoms with Crippen LogP contribution in [0.25, 0.3) is 0 Å². The van der Waals surface area contributed by atoms with E-state index in [9.17, 15) is 23.6 Å². The molecule has 0 aromatic heterocycles. The summed E-state index contributed by atoms with van der Waals surface area (Å²) in [4.78, 5) is 47.5. The van der Waals surface area contributed by atoms with Crippen molar-refractivity contribution in [2.45, 2.75) is 25.4 Å². The molecule has 1 saturated heterocycles. The van der Waals surface area contributed by atoms with Crippen LogP contribution in [-0.2, 0) is 16.1 Å². The molecule has 1 atom stereocenters. The Kier molecular flexibility index (Phi) is 3.16. The van der Waals surface area contributed by atoms with Gasteiger partial charge in [0.05, 0.1) is 5.56 Å². The lowest BCUT2D eigenvalue weighted by atomic mass is 10.0. The first-order valence-corrected chi connectivity index (χ1v) is 6.59. The number of hydrogen-bond acceptors (Lipinski definition) is 4. The van der Waals surface area contributed by atoms with Gasteiger partial charge in [-0.2, -0.15) is 0 Å². The molecular weight excluding hydrogens is 295 g/mol. The highest BCUT2D eigenvalue weighted by molar-refractivity contribution is 6.05. The van der Waals surface area contributed by atoms with Gasteiger partial charge in [-0.15, -0.1) is 0 Å². The Morgan fingerprint density at radius 3 is 2.68 bits per heavy atom. The van der Waals surface area contributed by atoms with Gasteiger partial charge in [-0.1, -0.05) is 0 Å². The third kappa shape index (κ3) is 2.12. The van der Waals surface area contributed by atoms with E-state index in [0.29, 0.717) is 5.56 Å². The third-order valence-corrected chi connectivity index (χ3v) is 3.84. The molecule has 114 valence electrons. The molecule has 7 nitrogen and oxygen atoms in total. The smallest absolute Gasteiger partial charge is 0.338 e. The van der Waals surface area contributed by atoms with Gasteiger partial charge in [-0.05, 0) is 24.1 Å². The Morgan fingerprint density at radius 2 is 2.05 bits per heavy atom. The Balaban J connectivity index is 1.93. The number of aromatic carboxylic acids is 1. The van der Waals surface area contributed by atoms with Crippen molar-refractivity contribution in [1.29, 1.82) is 0 Å². The zero-order valence-corrected chi connectivity index (χ0v) is 11.3. The zero-order chi connectivity index (χ0) is 16.0. The van der Waals surface area contributed by atoms with Crippen LogP contribution in [0, 0.1) is 5.82 Å². The summed E-state index contributed by atoms with van der Waals surface area (Å²) in [6.45, 7) is 0.0149. The van der Waals surface area contributed by atoms with Crippen molar-refractivity contribution in [3.63, 3.8) is 0 Å². The van der Waals surface area contributed by atoms with Crippen molar-refractivity contribution in [3.05, 3.63) is 34.6 Å². The molecule has 2 aliphatic heterocycles. The first-order valence-electron chi connectivity index (χ1n) is 6.59. The average Bonchev–Trinajstić information content (AvgIpc) is 2.75. The van der Waals surface area contributed by atoms with Crippen LogP contribution in [0.15, 0.2) is 12.1 Å². The van der Waals surface area contributed by atoms with Gasteiger partial charge in [0.1, 0.15) is 11.9 Å². The van der Waals surface area contributed by atoms with Crippen molar-refractivity contribution in [2.75, 3.05) is 0 Å². The Labute approximate surface area is 123 Å². The van der Waals surface area contributed by atoms with Crippen LogP contribution >= 0.6 is 0 Å². The number of fused-ring (bicyclic) bond motifs is 1. The Bertz CT molecular complexity index is 730. The van der Waals surface area contributed by atoms with E-state index in [2.05, 4.69) is 5.32 Å². The van der Waals surface area contributed by atoms with Gasteiger partial charge in [0.25, 0.3) is 5.91 Å². The summed E-state index contributed by atoms with van der Waals surface area (Å²) < 4.78 is 13.7. The number of imide groups is 1. The number of hydrogen-bond donors (Lipinski definition) is 2. The first-order chi connectivity index (χ1) is 10.4. The lowest BCUT2D eigenvalue weighted by Gasteiger charge is -2.29. The largest absolute Gasteiger partial charge is 0.478 e. The predicted octanol–water partition coefficient (Wildman–Crippen LogP) is 0.285. The molecule has 3 rings (SSSR count). The molecule has 1 aromatic carbocycles. The summed E-state index contributed by atoms with van der Waals surface area (Å²) in [6, 6.07) is 1.18. The maximum Gasteiger partial charge on any atom is 0.338 e. The van der Waals surface area contributed by atoms with E-state index in [1.165, 1.54) is 4.90 Å². The molecule has 2 aliphatic rings. The molecule has 8 heteroatoms. The number of rotatable bonds is 2. The highest BCUT2D eigenvalue weighted by Gasteiger charge is 2.39. The number of carboxylic acids is 1. The van der Waals surface area contributed by atoms with Crippen LogP contribution < -0.4 is 5.32 Å². The summed E-state index contributed by atoms with van der Waals surface area (Å²) in [7, 11) is 0. The van der Waals surface area contributed by atoms with Gasteiger partial charge in [-0.25, -0.2) is 9.18 Å². The summed E-state index contributed by atoms with van der Waals surface area (Å²) in [5.74, 6) is -3.93. The normalized spacial score (nSPS) is 20.9. The zero-order valence-electron chi connectivity index (χ0n) is 11.3. The number of nitrogens with one attached hydrogen (secondary N) is 1. The number of carboxylic acid groups (broad SMARTS) is 1. The third-order valence-electron chi connectivity index (χ3n) is 3.84. The fraction of sp³-hybridized carbons (Fsp3) is 0.286. The number of piperidine rings is 1. The summed E-state index contributed by atoms with van der Waals surface area (Å²) in [6.07, 6.45) is 0.309. The minimum absolute atomic E-state index is 0.0149. The summed E-state index contributed by atoms with van der Waals surface area (Å²) in [5, 5.41) is 11.1. The number of amides is 3. The SMILES string of the molecule is O=C1CC[C@H](N2Cc3cc(C(=O)O)c(F)cc3C2=O)C(=O)N1. The van der Waals surface area contributed by atoms with E-state index in [1.807, 2.05) is 0 Å². The second kappa shape index (κ2) is 4.90. The van der Waals surface area contributed by atoms with E-state index in [4.69, 9.17) is 5.11 Å². The number of nitrogens with zero attached hydrogens (tertiary/aromatic N) is 1.